The third kappa shape index (κ3) is 6.76. The van der Waals surface area contributed by atoms with E-state index in [1.807, 2.05) is 36.2 Å². The SMILES string of the molecule is COc1ccc2nccc(CCCC3CCN(CCCSc4ccoc4)CC3CC(=O)O)c2c1. The maximum absolute atomic E-state index is 11.6. The highest BCUT2D eigenvalue weighted by molar-refractivity contribution is 7.99. The summed E-state index contributed by atoms with van der Waals surface area (Å²) >= 11 is 1.81. The first-order valence-corrected chi connectivity index (χ1v) is 13.1. The summed E-state index contributed by atoms with van der Waals surface area (Å²) in [4.78, 5) is 19.7. The quantitative estimate of drug-likeness (QED) is 0.260. The van der Waals surface area contributed by atoms with Crippen molar-refractivity contribution in [3.05, 3.63) is 54.6 Å². The number of carboxylic acids is 1. The standard InChI is InChI=1S/C27H34N2O4S/c1-32-23-6-7-26-25(17-23)21(8-11-28-26)5-2-4-20-9-13-29(18-22(20)16-27(30)31)12-3-15-34-24-10-14-33-19-24/h6-8,10-11,14,17,19-20,22H,2-5,9,12-13,15-16,18H2,1H3,(H,30,31). The lowest BCUT2D eigenvalue weighted by Gasteiger charge is -2.38. The van der Waals surface area contributed by atoms with Crippen LogP contribution in [-0.4, -0.2) is 53.5 Å². The number of aromatic nitrogens is 1. The van der Waals surface area contributed by atoms with Gasteiger partial charge in [-0.15, -0.1) is 11.8 Å². The Hall–Kier alpha value is -2.51. The molecule has 0 bridgehead atoms. The van der Waals surface area contributed by atoms with Gasteiger partial charge in [-0.1, -0.05) is 0 Å². The number of hydrogen-bond donors (Lipinski definition) is 1. The Balaban J connectivity index is 1.28. The molecule has 3 heterocycles. The summed E-state index contributed by atoms with van der Waals surface area (Å²) < 4.78 is 10.5. The summed E-state index contributed by atoms with van der Waals surface area (Å²) in [5, 5.41) is 10.7. The van der Waals surface area contributed by atoms with Crippen LogP contribution < -0.4 is 4.74 Å². The highest BCUT2D eigenvalue weighted by atomic mass is 32.2. The van der Waals surface area contributed by atoms with E-state index in [1.165, 1.54) is 10.5 Å². The number of hydrogen-bond acceptors (Lipinski definition) is 6. The van der Waals surface area contributed by atoms with Crippen LogP contribution in [0.1, 0.15) is 37.7 Å². The molecule has 0 radical (unpaired) electrons. The Kier molecular flexibility index (Phi) is 8.88. The molecule has 182 valence electrons. The zero-order valence-electron chi connectivity index (χ0n) is 19.8. The molecule has 34 heavy (non-hydrogen) atoms. The fraction of sp³-hybridized carbons (Fsp3) is 0.481. The summed E-state index contributed by atoms with van der Waals surface area (Å²) in [6.07, 6.45) is 10.9. The van der Waals surface area contributed by atoms with Crippen molar-refractivity contribution in [1.29, 1.82) is 0 Å². The van der Waals surface area contributed by atoms with E-state index in [2.05, 4.69) is 22.0 Å². The van der Waals surface area contributed by atoms with Gasteiger partial charge in [0, 0.05) is 29.4 Å². The summed E-state index contributed by atoms with van der Waals surface area (Å²) in [7, 11) is 1.69. The third-order valence-corrected chi connectivity index (χ3v) is 7.91. The number of carboxylic acid groups (broad SMARTS) is 1. The van der Waals surface area contributed by atoms with E-state index in [0.717, 1.165) is 74.1 Å². The molecule has 2 unspecified atom stereocenters. The van der Waals surface area contributed by atoms with Crippen LogP contribution in [-0.2, 0) is 11.2 Å². The number of aliphatic carboxylic acids is 1. The zero-order valence-corrected chi connectivity index (χ0v) is 20.6. The number of aryl methyl sites for hydroxylation is 1. The van der Waals surface area contributed by atoms with Gasteiger partial charge in [0.05, 0.1) is 18.9 Å². The summed E-state index contributed by atoms with van der Waals surface area (Å²) in [6, 6.07) is 10.1. The Bertz CT molecular complexity index is 1060. The number of methoxy groups -OCH3 is 1. The molecule has 0 saturated carbocycles. The minimum atomic E-state index is -0.681. The third-order valence-electron chi connectivity index (χ3n) is 6.85. The number of benzene rings is 1. The smallest absolute Gasteiger partial charge is 0.303 e. The molecule has 2 aromatic heterocycles. The maximum atomic E-state index is 11.6. The molecule has 1 saturated heterocycles. The molecular weight excluding hydrogens is 448 g/mol. The number of ether oxygens (including phenoxy) is 1. The molecule has 2 atom stereocenters. The van der Waals surface area contributed by atoms with Gasteiger partial charge in [0.2, 0.25) is 0 Å². The molecule has 3 aromatic rings. The number of piperidine rings is 1. The molecule has 7 heteroatoms. The lowest BCUT2D eigenvalue weighted by atomic mass is 9.80. The van der Waals surface area contributed by atoms with Crippen molar-refractivity contribution < 1.29 is 19.1 Å². The van der Waals surface area contributed by atoms with Gasteiger partial charge in [0.1, 0.15) is 12.0 Å². The van der Waals surface area contributed by atoms with Crippen molar-refractivity contribution >= 4 is 28.6 Å². The molecule has 4 rings (SSSR count). The van der Waals surface area contributed by atoms with Gasteiger partial charge in [0.25, 0.3) is 0 Å². The second-order valence-corrected chi connectivity index (χ2v) is 10.3. The van der Waals surface area contributed by atoms with E-state index < -0.39 is 5.97 Å². The van der Waals surface area contributed by atoms with Crippen molar-refractivity contribution in [2.75, 3.05) is 32.5 Å². The molecule has 0 amide bonds. The van der Waals surface area contributed by atoms with E-state index in [9.17, 15) is 9.90 Å². The van der Waals surface area contributed by atoms with Gasteiger partial charge in [-0.05, 0) is 98.7 Å². The molecule has 1 aliphatic heterocycles. The van der Waals surface area contributed by atoms with Gasteiger partial charge in [0.15, 0.2) is 0 Å². The number of pyridine rings is 1. The highest BCUT2D eigenvalue weighted by Gasteiger charge is 2.30. The fourth-order valence-corrected chi connectivity index (χ4v) is 5.87. The number of nitrogens with zero attached hydrogens (tertiary/aromatic N) is 2. The van der Waals surface area contributed by atoms with E-state index in [4.69, 9.17) is 9.15 Å². The average molecular weight is 483 g/mol. The number of fused-ring (bicyclic) bond motifs is 1. The van der Waals surface area contributed by atoms with Gasteiger partial charge < -0.3 is 19.2 Å². The maximum Gasteiger partial charge on any atom is 0.303 e. The van der Waals surface area contributed by atoms with Crippen molar-refractivity contribution in [1.82, 2.24) is 9.88 Å². The molecule has 1 aliphatic rings. The Morgan fingerprint density at radius 3 is 2.97 bits per heavy atom. The topological polar surface area (TPSA) is 75.8 Å². The second kappa shape index (κ2) is 12.3. The monoisotopic (exact) mass is 482 g/mol. The van der Waals surface area contributed by atoms with Crippen LogP contribution in [0.5, 0.6) is 5.75 Å². The van der Waals surface area contributed by atoms with E-state index in [0.29, 0.717) is 5.92 Å². The Morgan fingerprint density at radius 1 is 1.26 bits per heavy atom. The zero-order chi connectivity index (χ0) is 23.8. The van der Waals surface area contributed by atoms with Gasteiger partial charge in [-0.3, -0.25) is 9.78 Å². The van der Waals surface area contributed by atoms with Crippen molar-refractivity contribution in [2.45, 2.75) is 43.4 Å². The molecular formula is C27H34N2O4S. The van der Waals surface area contributed by atoms with Gasteiger partial charge >= 0.3 is 5.97 Å². The van der Waals surface area contributed by atoms with Crippen LogP contribution in [0.15, 0.2) is 58.4 Å². The Morgan fingerprint density at radius 2 is 2.18 bits per heavy atom. The lowest BCUT2D eigenvalue weighted by molar-refractivity contribution is -0.139. The summed E-state index contributed by atoms with van der Waals surface area (Å²) in [5.74, 6) is 1.91. The minimum Gasteiger partial charge on any atom is -0.497 e. The summed E-state index contributed by atoms with van der Waals surface area (Å²) in [5.41, 5.74) is 2.27. The van der Waals surface area contributed by atoms with Crippen LogP contribution in [0.2, 0.25) is 0 Å². The number of furan rings is 1. The molecule has 0 spiro atoms. The van der Waals surface area contributed by atoms with Crippen LogP contribution in [0.25, 0.3) is 10.9 Å². The van der Waals surface area contributed by atoms with Gasteiger partial charge in [-0.2, -0.15) is 0 Å². The number of rotatable bonds is 12. The first-order valence-electron chi connectivity index (χ1n) is 12.1. The second-order valence-electron chi connectivity index (χ2n) is 9.11. The largest absolute Gasteiger partial charge is 0.497 e. The molecule has 6 nitrogen and oxygen atoms in total. The predicted octanol–water partition coefficient (Wildman–Crippen LogP) is 5.75. The first-order chi connectivity index (χ1) is 16.6. The number of likely N-dealkylation sites (tertiary alicyclic amines) is 1. The molecule has 1 fully saturated rings. The number of carbonyl (C=O) groups is 1. The van der Waals surface area contributed by atoms with E-state index in [1.54, 1.807) is 19.6 Å². The average Bonchev–Trinajstić information content (AvgIpc) is 3.36. The van der Waals surface area contributed by atoms with Crippen LogP contribution >= 0.6 is 11.8 Å². The van der Waals surface area contributed by atoms with Crippen LogP contribution in [0.4, 0.5) is 0 Å². The van der Waals surface area contributed by atoms with Crippen molar-refractivity contribution in [3.63, 3.8) is 0 Å². The molecule has 1 N–H and O–H groups in total. The highest BCUT2D eigenvalue weighted by Crippen LogP contribution is 2.32. The van der Waals surface area contributed by atoms with E-state index in [-0.39, 0.29) is 12.3 Å². The van der Waals surface area contributed by atoms with Gasteiger partial charge in [-0.25, -0.2) is 0 Å². The number of thioether (sulfide) groups is 1. The first kappa shape index (κ1) is 24.6. The predicted molar refractivity (Wildman–Crippen MR) is 136 cm³/mol. The minimum absolute atomic E-state index is 0.224. The molecule has 0 aliphatic carbocycles. The van der Waals surface area contributed by atoms with Crippen molar-refractivity contribution in [3.8, 4) is 5.75 Å². The fourth-order valence-electron chi connectivity index (χ4n) is 5.09. The Labute approximate surface area is 205 Å². The van der Waals surface area contributed by atoms with Crippen LogP contribution in [0.3, 0.4) is 0 Å². The summed E-state index contributed by atoms with van der Waals surface area (Å²) in [6.45, 7) is 2.98. The lowest BCUT2D eigenvalue weighted by Crippen LogP contribution is -2.41. The van der Waals surface area contributed by atoms with E-state index >= 15 is 0 Å². The van der Waals surface area contributed by atoms with Crippen LogP contribution in [0, 0.1) is 11.8 Å². The molecule has 1 aromatic carbocycles. The normalized spacial score (nSPS) is 18.9. The van der Waals surface area contributed by atoms with Crippen molar-refractivity contribution in [2.24, 2.45) is 11.8 Å².